The molecule has 0 radical (unpaired) electrons. The average molecular weight is 582 g/mol. The van der Waals surface area contributed by atoms with Crippen LogP contribution in [0.3, 0.4) is 0 Å². The Balaban J connectivity index is 0.00000161. The summed E-state index contributed by atoms with van der Waals surface area (Å²) >= 11 is 0. The number of benzene rings is 2. The number of para-hydroxylation sites is 1. The number of pyridine rings is 1. The molecule has 0 spiro atoms. The number of imidazole rings is 1. The summed E-state index contributed by atoms with van der Waals surface area (Å²) in [6, 6.07) is 17.3. The maximum Gasteiger partial charge on any atom is 0.272 e. The number of anilines is 1. The molecule has 2 fully saturated rings. The number of hydrogen-bond acceptors (Lipinski definition) is 6. The van der Waals surface area contributed by atoms with E-state index in [-0.39, 0.29) is 30.7 Å². The monoisotopic (exact) mass is 580 g/mol. The summed E-state index contributed by atoms with van der Waals surface area (Å²) in [6.45, 7) is 7.43. The number of halogens is 2. The smallest absolute Gasteiger partial charge is 0.272 e. The van der Waals surface area contributed by atoms with Gasteiger partial charge in [0.05, 0.1) is 16.9 Å². The number of carbonyl (C=O) groups excluding carboxylic acids is 1. The third-order valence-corrected chi connectivity index (χ3v) is 7.94. The number of piperazine rings is 1. The number of nitrogens with one attached hydrogen (secondary N) is 1. The third-order valence-electron chi connectivity index (χ3n) is 7.94. The van der Waals surface area contributed by atoms with E-state index in [1.54, 1.807) is 6.33 Å². The van der Waals surface area contributed by atoms with Crippen LogP contribution < -0.4 is 15.0 Å². The molecule has 8 nitrogen and oxygen atoms in total. The lowest BCUT2D eigenvalue weighted by Gasteiger charge is -2.36. The van der Waals surface area contributed by atoms with Crippen molar-refractivity contribution in [3.05, 3.63) is 77.5 Å². The Bertz CT molecular complexity index is 1530. The van der Waals surface area contributed by atoms with Crippen molar-refractivity contribution in [3.8, 4) is 11.4 Å². The van der Waals surface area contributed by atoms with E-state index in [0.717, 1.165) is 80.3 Å². The molecule has 210 valence electrons. The predicted molar refractivity (Wildman–Crippen MR) is 162 cm³/mol. The number of rotatable bonds is 6. The minimum absolute atomic E-state index is 0. The molecule has 40 heavy (non-hydrogen) atoms. The molecular weight excluding hydrogens is 547 g/mol. The highest BCUT2D eigenvalue weighted by molar-refractivity contribution is 5.94. The molecule has 1 aliphatic carbocycles. The van der Waals surface area contributed by atoms with Crippen molar-refractivity contribution in [2.45, 2.75) is 38.8 Å². The zero-order valence-electron chi connectivity index (χ0n) is 22.5. The summed E-state index contributed by atoms with van der Waals surface area (Å²) in [4.78, 5) is 26.8. The Kier molecular flexibility index (Phi) is 8.21. The topological polar surface area (TPSA) is 75.5 Å². The lowest BCUT2D eigenvalue weighted by Crippen LogP contribution is -2.47. The fourth-order valence-electron chi connectivity index (χ4n) is 5.66. The summed E-state index contributed by atoms with van der Waals surface area (Å²) in [5.41, 5.74) is 6.85. The van der Waals surface area contributed by atoms with Gasteiger partial charge in [-0.25, -0.2) is 4.98 Å². The number of hydrogen-bond donors (Lipinski definition) is 1. The molecular formula is C30H34Cl2N6O2. The summed E-state index contributed by atoms with van der Waals surface area (Å²) in [5.74, 6) is 0.808. The molecule has 2 aromatic heterocycles. The maximum atomic E-state index is 12.6. The summed E-state index contributed by atoms with van der Waals surface area (Å²) in [7, 11) is 0. The molecule has 0 unspecified atom stereocenters. The van der Waals surface area contributed by atoms with Gasteiger partial charge < -0.3 is 15.0 Å². The van der Waals surface area contributed by atoms with Crippen molar-refractivity contribution < 1.29 is 9.53 Å². The second-order valence-corrected chi connectivity index (χ2v) is 10.6. The van der Waals surface area contributed by atoms with Gasteiger partial charge in [0, 0.05) is 55.5 Å². The van der Waals surface area contributed by atoms with Crippen molar-refractivity contribution in [1.82, 2.24) is 24.8 Å². The van der Waals surface area contributed by atoms with Crippen molar-refractivity contribution in [1.29, 1.82) is 0 Å². The first kappa shape index (κ1) is 28.2. The first-order chi connectivity index (χ1) is 18.6. The largest absolute Gasteiger partial charge is 0.485 e. The fourth-order valence-corrected chi connectivity index (χ4v) is 5.66. The van der Waals surface area contributed by atoms with Gasteiger partial charge in [-0.3, -0.25) is 19.2 Å². The lowest BCUT2D eigenvalue weighted by molar-refractivity contribution is 0.0943. The van der Waals surface area contributed by atoms with Crippen LogP contribution >= 0.6 is 24.8 Å². The quantitative estimate of drug-likeness (QED) is 0.355. The molecule has 10 heteroatoms. The molecule has 2 aliphatic heterocycles. The van der Waals surface area contributed by atoms with E-state index in [1.165, 1.54) is 16.6 Å². The Morgan fingerprint density at radius 2 is 1.77 bits per heavy atom. The van der Waals surface area contributed by atoms with Gasteiger partial charge >= 0.3 is 0 Å². The van der Waals surface area contributed by atoms with E-state index in [0.29, 0.717) is 18.3 Å². The molecule has 1 amide bonds. The van der Waals surface area contributed by atoms with E-state index in [1.807, 2.05) is 17.6 Å². The number of ether oxygens (including phenoxy) is 1. The summed E-state index contributed by atoms with van der Waals surface area (Å²) in [6.07, 6.45) is 4.78. The molecule has 1 N–H and O–H groups in total. The highest BCUT2D eigenvalue weighted by atomic mass is 35.5. The zero-order chi connectivity index (χ0) is 25.6. The average Bonchev–Trinajstić information content (AvgIpc) is 3.65. The number of fused-ring (bicyclic) bond motifs is 4. The van der Waals surface area contributed by atoms with E-state index in [4.69, 9.17) is 9.72 Å². The number of aromatic nitrogens is 3. The van der Waals surface area contributed by atoms with E-state index < -0.39 is 0 Å². The predicted octanol–water partition coefficient (Wildman–Crippen LogP) is 4.72. The van der Waals surface area contributed by atoms with E-state index in [2.05, 4.69) is 62.6 Å². The second-order valence-electron chi connectivity index (χ2n) is 10.6. The van der Waals surface area contributed by atoms with Gasteiger partial charge in [0.15, 0.2) is 5.69 Å². The van der Waals surface area contributed by atoms with Crippen molar-refractivity contribution in [2.24, 2.45) is 0 Å². The SMILES string of the molecule is Cc1ccc2c(N3CCN(CCc4cccc5c4OCc4c(C(=O)NC6CC6)ncn4-5)CC3)cccc2n1.Cl.Cl. The van der Waals surface area contributed by atoms with Gasteiger partial charge in [-0.1, -0.05) is 18.2 Å². The van der Waals surface area contributed by atoms with E-state index in [9.17, 15) is 4.79 Å². The molecule has 2 aromatic carbocycles. The third kappa shape index (κ3) is 5.36. The Morgan fingerprint density at radius 3 is 2.58 bits per heavy atom. The standard InChI is InChI=1S/C30H32N6O2.2ClH/c1-20-8-11-23-24(32-20)5-3-6-25(23)35-16-14-34(15-17-35)13-12-21-4-2-7-26-29(21)38-18-27-28(31-19-36(26)27)30(37)33-22-9-10-22;;/h2-8,11,19,22H,9-10,12-18H2,1H3,(H,33,37);2*1H. The van der Waals surface area contributed by atoms with Crippen LogP contribution in [0.5, 0.6) is 5.75 Å². The number of amides is 1. The molecule has 0 atom stereocenters. The highest BCUT2D eigenvalue weighted by Gasteiger charge is 2.30. The van der Waals surface area contributed by atoms with Gasteiger partial charge in [0.1, 0.15) is 18.7 Å². The second kappa shape index (κ2) is 11.6. The molecule has 1 saturated heterocycles. The summed E-state index contributed by atoms with van der Waals surface area (Å²) < 4.78 is 8.26. The zero-order valence-corrected chi connectivity index (χ0v) is 24.1. The van der Waals surface area contributed by atoms with Crippen LogP contribution in [0.25, 0.3) is 16.6 Å². The van der Waals surface area contributed by atoms with Gasteiger partial charge in [-0.2, -0.15) is 0 Å². The Hall–Kier alpha value is -3.33. The molecule has 7 rings (SSSR count). The van der Waals surface area contributed by atoms with Crippen LogP contribution in [-0.2, 0) is 13.0 Å². The first-order valence-corrected chi connectivity index (χ1v) is 13.6. The minimum Gasteiger partial charge on any atom is -0.485 e. The van der Waals surface area contributed by atoms with Crippen molar-refractivity contribution in [2.75, 3.05) is 37.6 Å². The Morgan fingerprint density at radius 1 is 1.00 bits per heavy atom. The summed E-state index contributed by atoms with van der Waals surface area (Å²) in [5, 5.41) is 4.27. The van der Waals surface area contributed by atoms with Gasteiger partial charge in [-0.05, 0) is 62.1 Å². The number of carbonyl (C=O) groups is 1. The molecule has 1 saturated carbocycles. The van der Waals surface area contributed by atoms with Crippen LogP contribution in [0.4, 0.5) is 5.69 Å². The van der Waals surface area contributed by atoms with Crippen LogP contribution in [0.1, 0.15) is 40.3 Å². The molecule has 4 heterocycles. The molecule has 0 bridgehead atoms. The van der Waals surface area contributed by atoms with Crippen LogP contribution in [0, 0.1) is 6.92 Å². The van der Waals surface area contributed by atoms with Crippen LogP contribution in [-0.4, -0.2) is 64.1 Å². The fraction of sp³-hybridized carbons (Fsp3) is 0.367. The number of aryl methyl sites for hydroxylation is 1. The maximum absolute atomic E-state index is 12.6. The van der Waals surface area contributed by atoms with Crippen LogP contribution in [0.15, 0.2) is 54.9 Å². The van der Waals surface area contributed by atoms with Crippen molar-refractivity contribution in [3.63, 3.8) is 0 Å². The number of nitrogens with zero attached hydrogens (tertiary/aromatic N) is 5. The van der Waals surface area contributed by atoms with Gasteiger partial charge in [0.2, 0.25) is 0 Å². The minimum atomic E-state index is -0.0986. The normalized spacial score (nSPS) is 16.3. The van der Waals surface area contributed by atoms with Gasteiger partial charge in [0.25, 0.3) is 5.91 Å². The highest BCUT2D eigenvalue weighted by Crippen LogP contribution is 2.35. The van der Waals surface area contributed by atoms with Gasteiger partial charge in [-0.15, -0.1) is 24.8 Å². The lowest BCUT2D eigenvalue weighted by atomic mass is 10.1. The van der Waals surface area contributed by atoms with Crippen LogP contribution in [0.2, 0.25) is 0 Å². The molecule has 3 aliphatic rings. The Labute approximate surface area is 246 Å². The molecule has 4 aromatic rings. The van der Waals surface area contributed by atoms with Crippen molar-refractivity contribution >= 4 is 47.3 Å². The van der Waals surface area contributed by atoms with E-state index >= 15 is 0 Å². The first-order valence-electron chi connectivity index (χ1n) is 13.6.